The fourth-order valence-electron chi connectivity index (χ4n) is 2.58. The molecule has 0 atom stereocenters. The molecule has 0 aliphatic heterocycles. The number of nitrogens with zero attached hydrogens (tertiary/aromatic N) is 4. The molecule has 0 aliphatic carbocycles. The van der Waals surface area contributed by atoms with E-state index in [0.29, 0.717) is 16.6 Å². The summed E-state index contributed by atoms with van der Waals surface area (Å²) in [5, 5.41) is 5.31. The Morgan fingerprint density at radius 3 is 2.58 bits per heavy atom. The van der Waals surface area contributed by atoms with Gasteiger partial charge in [-0.1, -0.05) is 35.9 Å². The number of aromatic nitrogens is 4. The lowest BCUT2D eigenvalue weighted by Gasteiger charge is -2.04. The molecule has 0 radical (unpaired) electrons. The van der Waals surface area contributed by atoms with Crippen LogP contribution in [0.5, 0.6) is 5.75 Å². The van der Waals surface area contributed by atoms with Gasteiger partial charge in [0.05, 0.1) is 18.4 Å². The molecule has 0 bridgehead atoms. The Balaban J connectivity index is 1.90. The molecule has 4 aromatic rings. The number of benzene rings is 2. The third-order valence-corrected chi connectivity index (χ3v) is 3.98. The van der Waals surface area contributed by atoms with Crippen LogP contribution in [0.25, 0.3) is 28.4 Å². The van der Waals surface area contributed by atoms with Gasteiger partial charge in [0.15, 0.2) is 5.82 Å². The van der Waals surface area contributed by atoms with Crippen molar-refractivity contribution in [3.63, 3.8) is 0 Å². The minimum absolute atomic E-state index is 0.531. The van der Waals surface area contributed by atoms with Crippen molar-refractivity contribution in [2.24, 2.45) is 0 Å². The van der Waals surface area contributed by atoms with Crippen molar-refractivity contribution in [1.29, 1.82) is 0 Å². The second-order valence-corrected chi connectivity index (χ2v) is 5.62. The molecule has 0 N–H and O–H groups in total. The molecule has 0 spiro atoms. The summed E-state index contributed by atoms with van der Waals surface area (Å²) < 4.78 is 7.13. The van der Waals surface area contributed by atoms with Crippen LogP contribution in [0.2, 0.25) is 5.02 Å². The first kappa shape index (κ1) is 14.7. The zero-order valence-corrected chi connectivity index (χ0v) is 13.6. The van der Waals surface area contributed by atoms with Gasteiger partial charge in [0.2, 0.25) is 0 Å². The molecular formula is C18H13ClN4O. The van der Waals surface area contributed by atoms with E-state index in [1.165, 1.54) is 0 Å². The molecule has 5 nitrogen and oxygen atoms in total. The van der Waals surface area contributed by atoms with Crippen LogP contribution in [0.4, 0.5) is 0 Å². The van der Waals surface area contributed by atoms with E-state index in [4.69, 9.17) is 16.3 Å². The number of fused-ring (bicyclic) bond motifs is 1. The molecule has 0 saturated heterocycles. The highest BCUT2D eigenvalue weighted by molar-refractivity contribution is 6.30. The van der Waals surface area contributed by atoms with Crippen LogP contribution in [0.1, 0.15) is 0 Å². The summed E-state index contributed by atoms with van der Waals surface area (Å²) in [4.78, 5) is 8.84. The fraction of sp³-hybridized carbons (Fsp3) is 0.0556. The van der Waals surface area contributed by atoms with E-state index in [1.54, 1.807) is 17.8 Å². The molecule has 6 heteroatoms. The molecule has 0 saturated carbocycles. The predicted octanol–water partition coefficient (Wildman–Crippen LogP) is 4.12. The van der Waals surface area contributed by atoms with Crippen molar-refractivity contribution in [2.45, 2.75) is 0 Å². The average Bonchev–Trinajstić information content (AvgIpc) is 3.06. The lowest BCUT2D eigenvalue weighted by molar-refractivity contribution is 0.416. The van der Waals surface area contributed by atoms with E-state index in [0.717, 1.165) is 22.6 Å². The third-order valence-electron chi connectivity index (χ3n) is 3.73. The maximum absolute atomic E-state index is 5.97. The lowest BCUT2D eigenvalue weighted by Crippen LogP contribution is -1.96. The van der Waals surface area contributed by atoms with Crippen LogP contribution >= 0.6 is 11.6 Å². The van der Waals surface area contributed by atoms with E-state index < -0.39 is 0 Å². The second kappa shape index (κ2) is 5.94. The van der Waals surface area contributed by atoms with Gasteiger partial charge < -0.3 is 4.74 Å². The summed E-state index contributed by atoms with van der Waals surface area (Å²) >= 11 is 5.97. The number of methoxy groups -OCH3 is 1. The van der Waals surface area contributed by atoms with Gasteiger partial charge in [0.25, 0.3) is 5.78 Å². The maximum atomic E-state index is 5.97. The summed E-state index contributed by atoms with van der Waals surface area (Å²) in [6, 6.07) is 17.1. The van der Waals surface area contributed by atoms with Gasteiger partial charge in [-0.25, -0.2) is 4.98 Å². The lowest BCUT2D eigenvalue weighted by atomic mass is 10.1. The standard InChI is InChI=1S/C18H13ClN4O/c1-24-16-5-3-2-4-14(16)17-21-18-20-11-10-15(23(18)22-17)12-6-8-13(19)9-7-12/h2-11H,1H3. The molecule has 0 amide bonds. The highest BCUT2D eigenvalue weighted by Crippen LogP contribution is 2.28. The molecule has 0 aliphatic rings. The largest absolute Gasteiger partial charge is 0.496 e. The number of para-hydroxylation sites is 1. The molecule has 24 heavy (non-hydrogen) atoms. The Morgan fingerprint density at radius 2 is 1.79 bits per heavy atom. The van der Waals surface area contributed by atoms with Gasteiger partial charge in [0.1, 0.15) is 5.75 Å². The first-order chi connectivity index (χ1) is 11.8. The topological polar surface area (TPSA) is 52.3 Å². The first-order valence-electron chi connectivity index (χ1n) is 7.37. The SMILES string of the molecule is COc1ccccc1-c1nc2nccc(-c3ccc(Cl)cc3)n2n1. The van der Waals surface area contributed by atoms with Crippen LogP contribution < -0.4 is 4.74 Å². The molecule has 118 valence electrons. The summed E-state index contributed by atoms with van der Waals surface area (Å²) in [7, 11) is 1.63. The normalized spacial score (nSPS) is 10.9. The van der Waals surface area contributed by atoms with Crippen LogP contribution in [0, 0.1) is 0 Å². The van der Waals surface area contributed by atoms with E-state index in [-0.39, 0.29) is 0 Å². The maximum Gasteiger partial charge on any atom is 0.253 e. The average molecular weight is 337 g/mol. The van der Waals surface area contributed by atoms with Crippen LogP contribution in [0.3, 0.4) is 0 Å². The Kier molecular flexibility index (Phi) is 3.63. The van der Waals surface area contributed by atoms with E-state index >= 15 is 0 Å². The van der Waals surface area contributed by atoms with E-state index in [9.17, 15) is 0 Å². The van der Waals surface area contributed by atoms with E-state index in [2.05, 4.69) is 15.1 Å². The summed E-state index contributed by atoms with van der Waals surface area (Å²) in [6.45, 7) is 0. The monoisotopic (exact) mass is 336 g/mol. The molecule has 0 unspecified atom stereocenters. The molecule has 2 aromatic heterocycles. The van der Waals surface area contributed by atoms with Crippen LogP contribution in [-0.2, 0) is 0 Å². The Morgan fingerprint density at radius 1 is 1.00 bits per heavy atom. The Bertz CT molecular complexity index is 1010. The van der Waals surface area contributed by atoms with Gasteiger partial charge in [-0.3, -0.25) is 0 Å². The van der Waals surface area contributed by atoms with Crippen molar-refractivity contribution >= 4 is 17.4 Å². The number of ether oxygens (including phenoxy) is 1. The van der Waals surface area contributed by atoms with Crippen LogP contribution in [-0.4, -0.2) is 26.7 Å². The highest BCUT2D eigenvalue weighted by Gasteiger charge is 2.14. The summed E-state index contributed by atoms with van der Waals surface area (Å²) in [5.41, 5.74) is 2.71. The molecule has 2 aromatic carbocycles. The van der Waals surface area contributed by atoms with Gasteiger partial charge in [-0.05, 0) is 30.3 Å². The number of hydrogen-bond donors (Lipinski definition) is 0. The second-order valence-electron chi connectivity index (χ2n) is 5.18. The van der Waals surface area contributed by atoms with Crippen molar-refractivity contribution in [2.75, 3.05) is 7.11 Å². The molecule has 0 fully saturated rings. The highest BCUT2D eigenvalue weighted by atomic mass is 35.5. The van der Waals surface area contributed by atoms with Crippen LogP contribution in [0.15, 0.2) is 60.8 Å². The fourth-order valence-corrected chi connectivity index (χ4v) is 2.70. The number of rotatable bonds is 3. The van der Waals surface area contributed by atoms with E-state index in [1.807, 2.05) is 54.6 Å². The number of halogens is 1. The molecular weight excluding hydrogens is 324 g/mol. The minimum atomic E-state index is 0.531. The van der Waals surface area contributed by atoms with Crippen molar-refractivity contribution < 1.29 is 4.74 Å². The van der Waals surface area contributed by atoms with Crippen molar-refractivity contribution in [3.05, 3.63) is 65.8 Å². The smallest absolute Gasteiger partial charge is 0.253 e. The molecule has 4 rings (SSSR count). The predicted molar refractivity (Wildman–Crippen MR) is 93.2 cm³/mol. The first-order valence-corrected chi connectivity index (χ1v) is 7.75. The van der Waals surface area contributed by atoms with Gasteiger partial charge >= 0.3 is 0 Å². The summed E-state index contributed by atoms with van der Waals surface area (Å²) in [6.07, 6.45) is 1.72. The zero-order valence-electron chi connectivity index (χ0n) is 12.8. The van der Waals surface area contributed by atoms with Gasteiger partial charge in [-0.15, -0.1) is 5.10 Å². The van der Waals surface area contributed by atoms with Crippen molar-refractivity contribution in [1.82, 2.24) is 19.6 Å². The molecule has 2 heterocycles. The van der Waals surface area contributed by atoms with Gasteiger partial charge in [0, 0.05) is 16.8 Å². The Labute approximate surface area is 143 Å². The quantitative estimate of drug-likeness (QED) is 0.564. The van der Waals surface area contributed by atoms with Crippen molar-refractivity contribution in [3.8, 4) is 28.4 Å². The Hall–Kier alpha value is -2.92. The number of hydrogen-bond acceptors (Lipinski definition) is 4. The van der Waals surface area contributed by atoms with Gasteiger partial charge in [-0.2, -0.15) is 9.50 Å². The zero-order chi connectivity index (χ0) is 16.5. The summed E-state index contributed by atoms with van der Waals surface area (Å²) in [5.74, 6) is 1.83. The third kappa shape index (κ3) is 2.49. The minimum Gasteiger partial charge on any atom is -0.496 e.